The molecule has 0 saturated carbocycles. The highest BCUT2D eigenvalue weighted by Gasteiger charge is 2.17. The van der Waals surface area contributed by atoms with Crippen LogP contribution in [0.1, 0.15) is 0 Å². The summed E-state index contributed by atoms with van der Waals surface area (Å²) in [6, 6.07) is 18.0. The molecule has 0 aliphatic heterocycles. The normalized spacial score (nSPS) is 10.9. The van der Waals surface area contributed by atoms with Crippen LogP contribution in [-0.2, 0) is 7.05 Å². The van der Waals surface area contributed by atoms with Crippen LogP contribution in [0.15, 0.2) is 60.9 Å². The van der Waals surface area contributed by atoms with E-state index in [1.165, 1.54) is 0 Å². The molecule has 0 aliphatic carbocycles. The van der Waals surface area contributed by atoms with Gasteiger partial charge in [0.15, 0.2) is 5.65 Å². The number of fused-ring (bicyclic) bond motifs is 1. The fraction of sp³-hybridized carbons (Fsp3) is 0.105. The van der Waals surface area contributed by atoms with Crippen LogP contribution in [0.3, 0.4) is 0 Å². The summed E-state index contributed by atoms with van der Waals surface area (Å²) in [7, 11) is 3.56. The van der Waals surface area contributed by atoms with Gasteiger partial charge in [0, 0.05) is 18.2 Å². The average molecular weight is 316 g/mol. The molecule has 0 fully saturated rings. The molecular formula is C19H16N4O. The lowest BCUT2D eigenvalue weighted by Gasteiger charge is -2.05. The summed E-state index contributed by atoms with van der Waals surface area (Å²) >= 11 is 0. The standard InChI is InChI=1S/C19H16N4O/c1-23-19-16(17(20-12-21-19)13-6-4-3-5-7-13)18(22-23)14-8-10-15(24-2)11-9-14/h3-12H,1-2H3. The Kier molecular flexibility index (Phi) is 3.46. The lowest BCUT2D eigenvalue weighted by Crippen LogP contribution is -1.93. The predicted molar refractivity (Wildman–Crippen MR) is 93.7 cm³/mol. The summed E-state index contributed by atoms with van der Waals surface area (Å²) < 4.78 is 7.04. The van der Waals surface area contributed by atoms with Crippen LogP contribution in [0, 0.1) is 0 Å². The van der Waals surface area contributed by atoms with Crippen LogP contribution >= 0.6 is 0 Å². The number of benzene rings is 2. The van der Waals surface area contributed by atoms with E-state index in [-0.39, 0.29) is 0 Å². The zero-order valence-electron chi connectivity index (χ0n) is 13.5. The second-order valence-corrected chi connectivity index (χ2v) is 5.49. The van der Waals surface area contributed by atoms with Crippen molar-refractivity contribution in [1.29, 1.82) is 0 Å². The van der Waals surface area contributed by atoms with Gasteiger partial charge in [-0.25, -0.2) is 14.6 Å². The van der Waals surface area contributed by atoms with E-state index in [0.29, 0.717) is 0 Å². The van der Waals surface area contributed by atoms with E-state index in [4.69, 9.17) is 4.74 Å². The number of hydrogen-bond donors (Lipinski definition) is 0. The Bertz CT molecular complexity index is 991. The van der Waals surface area contributed by atoms with Crippen molar-refractivity contribution in [2.75, 3.05) is 7.11 Å². The van der Waals surface area contributed by atoms with Crippen LogP contribution in [0.4, 0.5) is 0 Å². The van der Waals surface area contributed by atoms with Gasteiger partial charge in [0.1, 0.15) is 17.8 Å². The van der Waals surface area contributed by atoms with Gasteiger partial charge in [-0.2, -0.15) is 5.10 Å². The van der Waals surface area contributed by atoms with Crippen LogP contribution in [0.5, 0.6) is 5.75 Å². The molecule has 24 heavy (non-hydrogen) atoms. The first-order valence-corrected chi connectivity index (χ1v) is 7.65. The Balaban J connectivity index is 1.99. The van der Waals surface area contributed by atoms with Crippen LogP contribution in [0.25, 0.3) is 33.5 Å². The lowest BCUT2D eigenvalue weighted by atomic mass is 10.0. The summed E-state index contributed by atoms with van der Waals surface area (Å²) in [6.45, 7) is 0. The zero-order chi connectivity index (χ0) is 16.5. The van der Waals surface area contributed by atoms with Gasteiger partial charge < -0.3 is 4.74 Å². The minimum Gasteiger partial charge on any atom is -0.497 e. The minimum atomic E-state index is 0.815. The largest absolute Gasteiger partial charge is 0.497 e. The molecule has 5 nitrogen and oxygen atoms in total. The summed E-state index contributed by atoms with van der Waals surface area (Å²) in [5, 5.41) is 5.63. The Morgan fingerprint density at radius 2 is 1.54 bits per heavy atom. The molecule has 2 aromatic heterocycles. The SMILES string of the molecule is COc1ccc(-c2nn(C)c3ncnc(-c4ccccc4)c23)cc1. The molecule has 0 N–H and O–H groups in total. The Hall–Kier alpha value is -3.21. The van der Waals surface area contributed by atoms with E-state index in [2.05, 4.69) is 15.1 Å². The zero-order valence-corrected chi connectivity index (χ0v) is 13.5. The van der Waals surface area contributed by atoms with Crippen molar-refractivity contribution in [3.63, 3.8) is 0 Å². The molecule has 0 unspecified atom stereocenters. The number of nitrogens with zero attached hydrogens (tertiary/aromatic N) is 4. The second kappa shape index (κ2) is 5.77. The highest BCUT2D eigenvalue weighted by molar-refractivity contribution is 6.00. The van der Waals surface area contributed by atoms with E-state index in [0.717, 1.165) is 39.3 Å². The number of rotatable bonds is 3. The molecule has 0 amide bonds. The van der Waals surface area contributed by atoms with E-state index in [9.17, 15) is 0 Å². The Labute approximate surface area is 139 Å². The third-order valence-corrected chi connectivity index (χ3v) is 4.03. The summed E-state index contributed by atoms with van der Waals surface area (Å²) in [6.07, 6.45) is 1.59. The molecule has 0 spiro atoms. The third kappa shape index (κ3) is 2.31. The van der Waals surface area contributed by atoms with Gasteiger partial charge in [0.2, 0.25) is 0 Å². The van der Waals surface area contributed by atoms with Gasteiger partial charge in [-0.15, -0.1) is 0 Å². The number of hydrogen-bond acceptors (Lipinski definition) is 4. The summed E-state index contributed by atoms with van der Waals surface area (Å²) in [4.78, 5) is 8.93. The summed E-state index contributed by atoms with van der Waals surface area (Å²) in [5.41, 5.74) is 4.63. The maximum Gasteiger partial charge on any atom is 0.162 e. The Morgan fingerprint density at radius 1 is 0.833 bits per heavy atom. The highest BCUT2D eigenvalue weighted by atomic mass is 16.5. The number of methoxy groups -OCH3 is 1. The van der Waals surface area contributed by atoms with Crippen molar-refractivity contribution in [1.82, 2.24) is 19.7 Å². The quantitative estimate of drug-likeness (QED) is 0.578. The molecular weight excluding hydrogens is 300 g/mol. The van der Waals surface area contributed by atoms with Crippen molar-refractivity contribution in [2.24, 2.45) is 7.05 Å². The lowest BCUT2D eigenvalue weighted by molar-refractivity contribution is 0.415. The van der Waals surface area contributed by atoms with Crippen molar-refractivity contribution >= 4 is 11.0 Å². The second-order valence-electron chi connectivity index (χ2n) is 5.49. The first-order valence-electron chi connectivity index (χ1n) is 7.65. The van der Waals surface area contributed by atoms with E-state index in [1.807, 2.05) is 61.6 Å². The van der Waals surface area contributed by atoms with Crippen molar-refractivity contribution in [2.45, 2.75) is 0 Å². The maximum atomic E-state index is 5.24. The first-order chi connectivity index (χ1) is 11.8. The molecule has 0 atom stereocenters. The maximum absolute atomic E-state index is 5.24. The Morgan fingerprint density at radius 3 is 2.25 bits per heavy atom. The average Bonchev–Trinajstić information content (AvgIpc) is 3.00. The topological polar surface area (TPSA) is 52.8 Å². The van der Waals surface area contributed by atoms with Gasteiger partial charge in [-0.05, 0) is 24.3 Å². The summed E-state index contributed by atoms with van der Waals surface area (Å²) in [5.74, 6) is 0.818. The minimum absolute atomic E-state index is 0.815. The molecule has 2 heterocycles. The predicted octanol–water partition coefficient (Wildman–Crippen LogP) is 3.71. The van der Waals surface area contributed by atoms with Gasteiger partial charge in [0.05, 0.1) is 18.2 Å². The number of aryl methyl sites for hydroxylation is 1. The fourth-order valence-electron chi connectivity index (χ4n) is 2.85. The monoisotopic (exact) mass is 316 g/mol. The smallest absolute Gasteiger partial charge is 0.162 e. The van der Waals surface area contributed by atoms with E-state index in [1.54, 1.807) is 18.1 Å². The van der Waals surface area contributed by atoms with Crippen molar-refractivity contribution in [3.8, 4) is 28.3 Å². The number of aromatic nitrogens is 4. The third-order valence-electron chi connectivity index (χ3n) is 4.03. The molecule has 2 aromatic carbocycles. The van der Waals surface area contributed by atoms with E-state index >= 15 is 0 Å². The molecule has 0 saturated heterocycles. The van der Waals surface area contributed by atoms with Gasteiger partial charge in [0.25, 0.3) is 0 Å². The first kappa shape index (κ1) is 14.4. The molecule has 4 aromatic rings. The van der Waals surface area contributed by atoms with Crippen molar-refractivity contribution in [3.05, 3.63) is 60.9 Å². The fourth-order valence-corrected chi connectivity index (χ4v) is 2.85. The van der Waals surface area contributed by atoms with Gasteiger partial charge in [-0.1, -0.05) is 30.3 Å². The van der Waals surface area contributed by atoms with Crippen LogP contribution in [-0.4, -0.2) is 26.9 Å². The molecule has 0 bridgehead atoms. The van der Waals surface area contributed by atoms with E-state index < -0.39 is 0 Å². The van der Waals surface area contributed by atoms with Gasteiger partial charge in [-0.3, -0.25) is 0 Å². The molecule has 4 rings (SSSR count). The van der Waals surface area contributed by atoms with Crippen molar-refractivity contribution < 1.29 is 4.74 Å². The molecule has 5 heteroatoms. The highest BCUT2D eigenvalue weighted by Crippen LogP contribution is 2.33. The van der Waals surface area contributed by atoms with Gasteiger partial charge >= 0.3 is 0 Å². The molecule has 0 radical (unpaired) electrons. The van der Waals surface area contributed by atoms with Crippen LogP contribution < -0.4 is 4.74 Å². The number of ether oxygens (including phenoxy) is 1. The molecule has 0 aliphatic rings. The molecule has 118 valence electrons. The van der Waals surface area contributed by atoms with Crippen LogP contribution in [0.2, 0.25) is 0 Å².